The fourth-order valence-electron chi connectivity index (χ4n) is 3.12. The van der Waals surface area contributed by atoms with E-state index < -0.39 is 37.0 Å². The molecule has 2 heterocycles. The monoisotopic (exact) mass is 472 g/mol. The van der Waals surface area contributed by atoms with Gasteiger partial charge in [-0.25, -0.2) is 9.78 Å². The molecule has 0 aliphatic carbocycles. The zero-order valence-electron chi connectivity index (χ0n) is 16.4. The van der Waals surface area contributed by atoms with E-state index in [4.69, 9.17) is 20.8 Å². The maximum atomic E-state index is 12.8. The maximum absolute atomic E-state index is 12.8. The average molecular weight is 473 g/mol. The van der Waals surface area contributed by atoms with Crippen molar-refractivity contribution in [3.63, 3.8) is 0 Å². The summed E-state index contributed by atoms with van der Waals surface area (Å²) in [5, 5.41) is 9.81. The smallest absolute Gasteiger partial charge is 0.495 e. The number of hydrogen-bond acceptors (Lipinski definition) is 6. The van der Waals surface area contributed by atoms with E-state index in [1.54, 1.807) is 18.2 Å². The Bertz CT molecular complexity index is 1160. The summed E-state index contributed by atoms with van der Waals surface area (Å²) in [6, 6.07) is 4.33. The molecule has 3 rings (SSSR count). The number of oxazole rings is 1. The van der Waals surface area contributed by atoms with Crippen molar-refractivity contribution in [3.05, 3.63) is 58.4 Å². The zero-order chi connectivity index (χ0) is 23.5. The van der Waals surface area contributed by atoms with E-state index in [0.29, 0.717) is 21.9 Å². The van der Waals surface area contributed by atoms with Gasteiger partial charge in [-0.3, -0.25) is 14.1 Å². The number of aromatic nitrogens is 2. The number of carboxylic acid groups (broad SMARTS) is 1. The van der Waals surface area contributed by atoms with Crippen molar-refractivity contribution in [2.45, 2.75) is 18.8 Å². The molecule has 0 amide bonds. The molecule has 0 fully saturated rings. The number of hydrogen-bond donors (Lipinski definition) is 1. The summed E-state index contributed by atoms with van der Waals surface area (Å²) in [6.45, 7) is -0.944. The summed E-state index contributed by atoms with van der Waals surface area (Å²) in [7, 11) is 1.30. The molecule has 1 atom stereocenters. The molecule has 170 valence electrons. The topological polar surface area (TPSA) is 104 Å². The molecule has 0 saturated carbocycles. The van der Waals surface area contributed by atoms with Crippen LogP contribution < -0.4 is 10.3 Å². The van der Waals surface area contributed by atoms with Gasteiger partial charge in [0.05, 0.1) is 26.1 Å². The van der Waals surface area contributed by atoms with Gasteiger partial charge in [-0.05, 0) is 23.8 Å². The molecule has 8 nitrogen and oxygen atoms in total. The molecular weight excluding hydrogens is 457 g/mol. The minimum Gasteiger partial charge on any atom is -0.495 e. The van der Waals surface area contributed by atoms with E-state index in [1.165, 1.54) is 19.7 Å². The molecule has 1 unspecified atom stereocenters. The number of pyridine rings is 1. The Morgan fingerprint density at radius 1 is 1.28 bits per heavy atom. The van der Waals surface area contributed by atoms with Gasteiger partial charge in [-0.1, -0.05) is 11.6 Å². The van der Waals surface area contributed by atoms with Crippen molar-refractivity contribution in [3.8, 4) is 28.2 Å². The zero-order valence-corrected chi connectivity index (χ0v) is 17.2. The van der Waals surface area contributed by atoms with E-state index in [-0.39, 0.29) is 11.3 Å². The van der Waals surface area contributed by atoms with Crippen LogP contribution in [0, 0.1) is 0 Å². The highest BCUT2D eigenvalue weighted by molar-refractivity contribution is 6.31. The minimum atomic E-state index is -4.92. The molecule has 1 aromatic carbocycles. The second-order valence-corrected chi connectivity index (χ2v) is 6.93. The van der Waals surface area contributed by atoms with Gasteiger partial charge in [0, 0.05) is 28.6 Å². The Balaban J connectivity index is 2.07. The van der Waals surface area contributed by atoms with Crippen molar-refractivity contribution in [2.75, 3.05) is 13.7 Å². The summed E-state index contributed by atoms with van der Waals surface area (Å²) in [6.07, 6.45) is -1.71. The molecular formula is C20H16ClF3N2O6. The van der Waals surface area contributed by atoms with Gasteiger partial charge < -0.3 is 14.3 Å². The third-order valence-corrected chi connectivity index (χ3v) is 4.75. The summed E-state index contributed by atoms with van der Waals surface area (Å²) < 4.78 is 51.9. The Hall–Kier alpha value is -3.31. The van der Waals surface area contributed by atoms with E-state index >= 15 is 0 Å². The lowest BCUT2D eigenvalue weighted by Gasteiger charge is -2.19. The van der Waals surface area contributed by atoms with Crippen molar-refractivity contribution in [2.24, 2.45) is 0 Å². The summed E-state index contributed by atoms with van der Waals surface area (Å²) >= 11 is 6.13. The minimum absolute atomic E-state index is 0.0932. The van der Waals surface area contributed by atoms with Gasteiger partial charge >= 0.3 is 12.3 Å². The Morgan fingerprint density at radius 3 is 2.62 bits per heavy atom. The quantitative estimate of drug-likeness (QED) is 0.518. The number of nitrogens with zero attached hydrogens (tertiary/aromatic N) is 2. The van der Waals surface area contributed by atoms with Crippen LogP contribution in [0.25, 0.3) is 22.5 Å². The summed E-state index contributed by atoms with van der Waals surface area (Å²) in [5.41, 5.74) is 0.486. The Kier molecular flexibility index (Phi) is 6.90. The Labute approximate surface area is 183 Å². The van der Waals surface area contributed by atoms with Gasteiger partial charge in [0.1, 0.15) is 11.8 Å². The fourth-order valence-corrected chi connectivity index (χ4v) is 3.29. The van der Waals surface area contributed by atoms with E-state index in [2.05, 4.69) is 9.72 Å². The van der Waals surface area contributed by atoms with E-state index in [1.807, 2.05) is 0 Å². The van der Waals surface area contributed by atoms with Gasteiger partial charge in [0.2, 0.25) is 0 Å². The lowest BCUT2D eigenvalue weighted by atomic mass is 9.98. The molecule has 1 N–H and O–H groups in total. The van der Waals surface area contributed by atoms with Crippen LogP contribution in [-0.4, -0.2) is 40.7 Å². The van der Waals surface area contributed by atoms with Gasteiger partial charge in [0.15, 0.2) is 12.2 Å². The fraction of sp³-hybridized carbons (Fsp3) is 0.250. The van der Waals surface area contributed by atoms with Crippen molar-refractivity contribution < 1.29 is 37.0 Å². The van der Waals surface area contributed by atoms with Crippen LogP contribution >= 0.6 is 11.6 Å². The van der Waals surface area contributed by atoms with Crippen molar-refractivity contribution in [1.82, 2.24) is 9.55 Å². The molecule has 12 heteroatoms. The highest BCUT2D eigenvalue weighted by Crippen LogP contribution is 2.38. The van der Waals surface area contributed by atoms with Crippen molar-refractivity contribution in [1.29, 1.82) is 0 Å². The van der Waals surface area contributed by atoms with Crippen LogP contribution in [0.5, 0.6) is 5.75 Å². The van der Waals surface area contributed by atoms with Gasteiger partial charge in [-0.15, -0.1) is 13.2 Å². The SMILES string of the molecule is COc1cn(C(CCOC(F)(F)F)C(=O)O)c(=O)cc1-c1cc(Cl)ccc1-c1cnco1. The first-order chi connectivity index (χ1) is 15.1. The number of alkyl halides is 3. The summed E-state index contributed by atoms with van der Waals surface area (Å²) in [5.74, 6) is -1.02. The number of carboxylic acids is 1. The van der Waals surface area contributed by atoms with Crippen LogP contribution in [-0.2, 0) is 9.53 Å². The predicted molar refractivity (Wildman–Crippen MR) is 106 cm³/mol. The maximum Gasteiger partial charge on any atom is 0.522 e. The molecule has 0 spiro atoms. The summed E-state index contributed by atoms with van der Waals surface area (Å²) in [4.78, 5) is 28.3. The highest BCUT2D eigenvalue weighted by Gasteiger charge is 2.31. The van der Waals surface area contributed by atoms with Crippen LogP contribution in [0.2, 0.25) is 5.02 Å². The molecule has 0 bridgehead atoms. The lowest BCUT2D eigenvalue weighted by molar-refractivity contribution is -0.325. The molecule has 0 saturated heterocycles. The molecule has 0 radical (unpaired) electrons. The van der Waals surface area contributed by atoms with Gasteiger partial charge in [0.25, 0.3) is 5.56 Å². The number of carbonyl (C=O) groups is 1. The molecule has 0 aliphatic heterocycles. The largest absolute Gasteiger partial charge is 0.522 e. The third kappa shape index (κ3) is 5.29. The molecule has 0 aliphatic rings. The van der Waals surface area contributed by atoms with Crippen LogP contribution in [0.1, 0.15) is 12.5 Å². The lowest BCUT2D eigenvalue weighted by Crippen LogP contribution is -2.31. The van der Waals surface area contributed by atoms with Crippen molar-refractivity contribution >= 4 is 17.6 Å². The number of benzene rings is 1. The first-order valence-corrected chi connectivity index (χ1v) is 9.41. The number of halogens is 4. The molecule has 3 aromatic rings. The number of aliphatic carboxylic acids is 1. The Morgan fingerprint density at radius 2 is 2.03 bits per heavy atom. The highest BCUT2D eigenvalue weighted by atomic mass is 35.5. The van der Waals surface area contributed by atoms with Crippen LogP contribution in [0.4, 0.5) is 13.2 Å². The first-order valence-electron chi connectivity index (χ1n) is 9.03. The first kappa shape index (κ1) is 23.4. The van der Waals surface area contributed by atoms with Crippen LogP contribution in [0.3, 0.4) is 0 Å². The standard InChI is InChI=1S/C20H16ClF3N2O6/c1-30-17-9-26(15(19(28)29)4-5-32-20(22,23)24)18(27)7-14(17)13-6-11(21)2-3-12(13)16-8-25-10-31-16/h2-3,6-10,15H,4-5H2,1H3,(H,28,29). The molecule has 2 aromatic heterocycles. The average Bonchev–Trinajstić information content (AvgIpc) is 3.25. The number of rotatable bonds is 8. The molecule has 32 heavy (non-hydrogen) atoms. The predicted octanol–water partition coefficient (Wildman–Crippen LogP) is 4.38. The van der Waals surface area contributed by atoms with E-state index in [0.717, 1.165) is 16.8 Å². The van der Waals surface area contributed by atoms with Crippen LogP contribution in [0.15, 0.2) is 52.3 Å². The normalized spacial score (nSPS) is 12.5. The third-order valence-electron chi connectivity index (χ3n) is 4.51. The number of methoxy groups -OCH3 is 1. The second kappa shape index (κ2) is 9.45. The van der Waals surface area contributed by atoms with E-state index in [9.17, 15) is 27.9 Å². The number of ether oxygens (including phenoxy) is 2. The second-order valence-electron chi connectivity index (χ2n) is 6.49. The van der Waals surface area contributed by atoms with Gasteiger partial charge in [-0.2, -0.15) is 0 Å².